The van der Waals surface area contributed by atoms with Crippen molar-refractivity contribution in [2.24, 2.45) is 5.92 Å². The quantitative estimate of drug-likeness (QED) is 0.841. The number of nitrogens with one attached hydrogen (secondary N) is 1. The van der Waals surface area contributed by atoms with Gasteiger partial charge < -0.3 is 19.9 Å². The van der Waals surface area contributed by atoms with Gasteiger partial charge in [0.1, 0.15) is 0 Å². The van der Waals surface area contributed by atoms with Gasteiger partial charge >= 0.3 is 5.97 Å². The second-order valence-corrected chi connectivity index (χ2v) is 5.18. The Kier molecular flexibility index (Phi) is 4.90. The maximum Gasteiger partial charge on any atom is 0.303 e. The lowest BCUT2D eigenvalue weighted by Gasteiger charge is -2.13. The first-order valence-corrected chi connectivity index (χ1v) is 6.98. The summed E-state index contributed by atoms with van der Waals surface area (Å²) >= 11 is 6.01. The summed E-state index contributed by atoms with van der Waals surface area (Å²) in [5, 5.41) is 11.8. The number of carbonyl (C=O) groups is 2. The molecular formula is C14H16ClNO5. The SMILES string of the molecule is CCC(CNC(=O)c1cc(Cl)c2c(c1)OCO2)CC(=O)O. The van der Waals surface area contributed by atoms with Crippen LogP contribution in [0.3, 0.4) is 0 Å². The van der Waals surface area contributed by atoms with Crippen molar-refractivity contribution in [3.8, 4) is 11.5 Å². The molecule has 1 amide bonds. The maximum absolute atomic E-state index is 12.1. The van der Waals surface area contributed by atoms with Crippen molar-refractivity contribution in [2.45, 2.75) is 19.8 Å². The zero-order valence-corrected chi connectivity index (χ0v) is 12.3. The molecule has 0 bridgehead atoms. The molecule has 2 rings (SSSR count). The van der Waals surface area contributed by atoms with Gasteiger partial charge in [0, 0.05) is 18.5 Å². The van der Waals surface area contributed by atoms with Gasteiger partial charge in [0.25, 0.3) is 5.91 Å². The van der Waals surface area contributed by atoms with Crippen LogP contribution in [0.5, 0.6) is 11.5 Å². The molecule has 1 aliphatic rings. The first kappa shape index (κ1) is 15.4. The van der Waals surface area contributed by atoms with Crippen molar-refractivity contribution >= 4 is 23.5 Å². The number of halogens is 1. The highest BCUT2D eigenvalue weighted by Crippen LogP contribution is 2.39. The molecule has 1 aliphatic heterocycles. The van der Waals surface area contributed by atoms with E-state index in [0.717, 1.165) is 0 Å². The number of hydrogen-bond donors (Lipinski definition) is 2. The van der Waals surface area contributed by atoms with Gasteiger partial charge in [-0.3, -0.25) is 9.59 Å². The minimum atomic E-state index is -0.873. The number of amides is 1. The molecule has 0 aromatic heterocycles. The van der Waals surface area contributed by atoms with Gasteiger partial charge in [-0.25, -0.2) is 0 Å². The van der Waals surface area contributed by atoms with E-state index in [-0.39, 0.29) is 25.0 Å². The fourth-order valence-electron chi connectivity index (χ4n) is 2.05. The van der Waals surface area contributed by atoms with Gasteiger partial charge in [-0.05, 0) is 18.1 Å². The number of carboxylic acid groups (broad SMARTS) is 1. The predicted octanol–water partition coefficient (Wildman–Crippen LogP) is 2.30. The summed E-state index contributed by atoms with van der Waals surface area (Å²) in [5.41, 5.74) is 0.356. The fraction of sp³-hybridized carbons (Fsp3) is 0.429. The molecule has 1 aromatic rings. The molecule has 114 valence electrons. The van der Waals surface area contributed by atoms with Gasteiger partial charge in [0.15, 0.2) is 11.5 Å². The molecule has 0 fully saturated rings. The van der Waals surface area contributed by atoms with Crippen LogP contribution < -0.4 is 14.8 Å². The van der Waals surface area contributed by atoms with E-state index < -0.39 is 5.97 Å². The number of carbonyl (C=O) groups excluding carboxylic acids is 1. The van der Waals surface area contributed by atoms with Crippen LogP contribution in [0.4, 0.5) is 0 Å². The van der Waals surface area contributed by atoms with E-state index in [4.69, 9.17) is 26.2 Å². The van der Waals surface area contributed by atoms with E-state index in [9.17, 15) is 9.59 Å². The Morgan fingerprint density at radius 2 is 2.19 bits per heavy atom. The molecule has 6 nitrogen and oxygen atoms in total. The highest BCUT2D eigenvalue weighted by molar-refractivity contribution is 6.32. The topological polar surface area (TPSA) is 84.9 Å². The number of carboxylic acids is 1. The molecule has 0 spiro atoms. The summed E-state index contributed by atoms with van der Waals surface area (Å²) in [6, 6.07) is 3.06. The summed E-state index contributed by atoms with van der Waals surface area (Å²) in [4.78, 5) is 22.8. The normalized spacial score (nSPS) is 13.8. The maximum atomic E-state index is 12.1. The molecule has 1 unspecified atom stereocenters. The molecular weight excluding hydrogens is 298 g/mol. The van der Waals surface area contributed by atoms with Crippen molar-refractivity contribution in [1.29, 1.82) is 0 Å². The number of rotatable bonds is 6. The Balaban J connectivity index is 2.00. The Hall–Kier alpha value is -1.95. The van der Waals surface area contributed by atoms with Crippen LogP contribution in [0.15, 0.2) is 12.1 Å². The van der Waals surface area contributed by atoms with Crippen molar-refractivity contribution in [2.75, 3.05) is 13.3 Å². The number of aliphatic carboxylic acids is 1. The number of benzene rings is 1. The number of hydrogen-bond acceptors (Lipinski definition) is 4. The standard InChI is InChI=1S/C14H16ClNO5/c1-2-8(3-12(17)18)6-16-14(19)9-4-10(15)13-11(5-9)20-7-21-13/h4-5,8H,2-3,6-7H2,1H3,(H,16,19)(H,17,18). The fourth-order valence-corrected chi connectivity index (χ4v) is 2.31. The van der Waals surface area contributed by atoms with E-state index in [0.29, 0.717) is 35.1 Å². The zero-order chi connectivity index (χ0) is 15.4. The lowest BCUT2D eigenvalue weighted by Crippen LogP contribution is -2.30. The van der Waals surface area contributed by atoms with Crippen LogP contribution >= 0.6 is 11.6 Å². The third kappa shape index (κ3) is 3.78. The smallest absolute Gasteiger partial charge is 0.303 e. The van der Waals surface area contributed by atoms with Gasteiger partial charge in [0.2, 0.25) is 6.79 Å². The van der Waals surface area contributed by atoms with Gasteiger partial charge in [0.05, 0.1) is 5.02 Å². The van der Waals surface area contributed by atoms with E-state index >= 15 is 0 Å². The summed E-state index contributed by atoms with van der Waals surface area (Å²) < 4.78 is 10.4. The molecule has 7 heteroatoms. The van der Waals surface area contributed by atoms with Gasteiger partial charge in [-0.2, -0.15) is 0 Å². The van der Waals surface area contributed by atoms with E-state index in [1.165, 1.54) is 6.07 Å². The number of ether oxygens (including phenoxy) is 2. The van der Waals surface area contributed by atoms with Crippen molar-refractivity contribution in [1.82, 2.24) is 5.32 Å². The Morgan fingerprint density at radius 3 is 2.86 bits per heavy atom. The zero-order valence-electron chi connectivity index (χ0n) is 11.5. The highest BCUT2D eigenvalue weighted by atomic mass is 35.5. The second-order valence-electron chi connectivity index (χ2n) is 4.77. The molecule has 0 radical (unpaired) electrons. The first-order chi connectivity index (χ1) is 10.0. The molecule has 1 atom stereocenters. The van der Waals surface area contributed by atoms with E-state index in [1.807, 2.05) is 6.92 Å². The number of fused-ring (bicyclic) bond motifs is 1. The van der Waals surface area contributed by atoms with E-state index in [2.05, 4.69) is 5.32 Å². The monoisotopic (exact) mass is 313 g/mol. The lowest BCUT2D eigenvalue weighted by molar-refractivity contribution is -0.138. The van der Waals surface area contributed by atoms with Gasteiger partial charge in [-0.15, -0.1) is 0 Å². The lowest BCUT2D eigenvalue weighted by atomic mass is 10.0. The van der Waals surface area contributed by atoms with Crippen LogP contribution in [0.2, 0.25) is 5.02 Å². The predicted molar refractivity (Wildman–Crippen MR) is 75.9 cm³/mol. The minimum absolute atomic E-state index is 0.0265. The average molecular weight is 314 g/mol. The van der Waals surface area contributed by atoms with Crippen LogP contribution in [0.25, 0.3) is 0 Å². The largest absolute Gasteiger partial charge is 0.481 e. The summed E-state index contributed by atoms with van der Waals surface area (Å²) in [6.45, 7) is 2.27. The van der Waals surface area contributed by atoms with Crippen molar-refractivity contribution in [3.63, 3.8) is 0 Å². The summed E-state index contributed by atoms with van der Waals surface area (Å²) in [7, 11) is 0. The molecule has 0 saturated heterocycles. The Bertz CT molecular complexity index is 561. The third-order valence-corrected chi connectivity index (χ3v) is 3.56. The molecule has 1 heterocycles. The molecule has 1 aromatic carbocycles. The molecule has 0 aliphatic carbocycles. The van der Waals surface area contributed by atoms with Crippen LogP contribution in [0, 0.1) is 5.92 Å². The molecule has 2 N–H and O–H groups in total. The summed E-state index contributed by atoms with van der Waals surface area (Å²) in [6.07, 6.45) is 0.702. The van der Waals surface area contributed by atoms with Crippen molar-refractivity contribution in [3.05, 3.63) is 22.7 Å². The minimum Gasteiger partial charge on any atom is -0.481 e. The van der Waals surface area contributed by atoms with E-state index in [1.54, 1.807) is 6.07 Å². The second kappa shape index (κ2) is 6.67. The average Bonchev–Trinajstić information content (AvgIpc) is 2.91. The van der Waals surface area contributed by atoms with Crippen LogP contribution in [-0.2, 0) is 4.79 Å². The van der Waals surface area contributed by atoms with Crippen LogP contribution in [0.1, 0.15) is 30.1 Å². The molecule has 0 saturated carbocycles. The first-order valence-electron chi connectivity index (χ1n) is 6.60. The summed E-state index contributed by atoms with van der Waals surface area (Å²) in [5.74, 6) is -0.423. The Morgan fingerprint density at radius 1 is 1.43 bits per heavy atom. The van der Waals surface area contributed by atoms with Gasteiger partial charge in [-0.1, -0.05) is 24.9 Å². The highest BCUT2D eigenvalue weighted by Gasteiger charge is 2.21. The third-order valence-electron chi connectivity index (χ3n) is 3.28. The Labute approximate surface area is 127 Å². The van der Waals surface area contributed by atoms with Crippen LogP contribution in [-0.4, -0.2) is 30.3 Å². The van der Waals surface area contributed by atoms with Crippen molar-refractivity contribution < 1.29 is 24.2 Å². The molecule has 21 heavy (non-hydrogen) atoms.